The van der Waals surface area contributed by atoms with E-state index in [1.807, 2.05) is 65.2 Å². The lowest BCUT2D eigenvalue weighted by molar-refractivity contribution is 0.189. The molecule has 0 saturated heterocycles. The van der Waals surface area contributed by atoms with E-state index in [0.29, 0.717) is 30.6 Å². The van der Waals surface area contributed by atoms with E-state index in [4.69, 9.17) is 9.72 Å². The lowest BCUT2D eigenvalue weighted by Crippen LogP contribution is -2.06. The highest BCUT2D eigenvalue weighted by molar-refractivity contribution is 7.98. The second-order valence-electron chi connectivity index (χ2n) is 8.35. The molecule has 0 aliphatic carbocycles. The molecule has 0 amide bonds. The van der Waals surface area contributed by atoms with Crippen molar-refractivity contribution in [2.45, 2.75) is 23.9 Å². The van der Waals surface area contributed by atoms with Crippen LogP contribution >= 0.6 is 11.8 Å². The minimum atomic E-state index is -1.19. The van der Waals surface area contributed by atoms with E-state index in [9.17, 15) is 13.2 Å². The zero-order valence-corrected chi connectivity index (χ0v) is 20.8. The summed E-state index contributed by atoms with van der Waals surface area (Å²) in [6.45, 7) is 1.03. The molecule has 0 bridgehead atoms. The number of rotatable bonds is 9. The summed E-state index contributed by atoms with van der Waals surface area (Å²) in [6, 6.07) is 21.3. The monoisotopic (exact) mass is 520 g/mol. The molecule has 5 aromatic rings. The topological polar surface area (TPSA) is 52.8 Å². The van der Waals surface area contributed by atoms with Gasteiger partial charge in [-0.25, -0.2) is 18.2 Å². The predicted octanol–water partition coefficient (Wildman–Crippen LogP) is 6.91. The number of benzene rings is 3. The third kappa shape index (κ3) is 5.23. The van der Waals surface area contributed by atoms with Gasteiger partial charge in [0.25, 0.3) is 0 Å². The van der Waals surface area contributed by atoms with Gasteiger partial charge in [-0.05, 0) is 30.7 Å². The Hall–Kier alpha value is -3.69. The fourth-order valence-electron chi connectivity index (χ4n) is 4.12. The van der Waals surface area contributed by atoms with Crippen LogP contribution < -0.4 is 0 Å². The van der Waals surface area contributed by atoms with Crippen molar-refractivity contribution in [2.75, 3.05) is 13.7 Å². The van der Waals surface area contributed by atoms with Gasteiger partial charge in [0.2, 0.25) is 0 Å². The van der Waals surface area contributed by atoms with Gasteiger partial charge in [-0.3, -0.25) is 0 Å². The SMILES string of the molecule is COCCCn1c(SCc2c(F)ccc(F)c2F)nnc1-c1cc(-c2ccccc2)nc2ccccc12. The second kappa shape index (κ2) is 11.1. The van der Waals surface area contributed by atoms with Crippen LogP contribution in [0.4, 0.5) is 13.2 Å². The van der Waals surface area contributed by atoms with Crippen LogP contribution in [0.25, 0.3) is 33.5 Å². The summed E-state index contributed by atoms with van der Waals surface area (Å²) in [7, 11) is 1.63. The van der Waals surface area contributed by atoms with Crippen molar-refractivity contribution < 1.29 is 17.9 Å². The molecule has 0 unspecified atom stereocenters. The summed E-state index contributed by atoms with van der Waals surface area (Å²) in [5.74, 6) is -2.61. The maximum atomic E-state index is 14.3. The number of nitrogens with zero attached hydrogens (tertiary/aromatic N) is 4. The van der Waals surface area contributed by atoms with Gasteiger partial charge in [-0.15, -0.1) is 10.2 Å². The highest BCUT2D eigenvalue weighted by Gasteiger charge is 2.20. The Morgan fingerprint density at radius 1 is 0.892 bits per heavy atom. The van der Waals surface area contributed by atoms with Crippen molar-refractivity contribution in [1.82, 2.24) is 19.7 Å². The molecule has 37 heavy (non-hydrogen) atoms. The zero-order chi connectivity index (χ0) is 25.8. The fraction of sp³-hybridized carbons (Fsp3) is 0.179. The predicted molar refractivity (Wildman–Crippen MR) is 139 cm³/mol. The first-order valence-electron chi connectivity index (χ1n) is 11.7. The third-order valence-corrected chi connectivity index (χ3v) is 6.95. The first-order chi connectivity index (χ1) is 18.1. The van der Waals surface area contributed by atoms with E-state index in [1.165, 1.54) is 0 Å². The van der Waals surface area contributed by atoms with Crippen LogP contribution in [0.3, 0.4) is 0 Å². The van der Waals surface area contributed by atoms with Gasteiger partial charge in [0.15, 0.2) is 22.6 Å². The number of hydrogen-bond acceptors (Lipinski definition) is 5. The summed E-state index contributed by atoms with van der Waals surface area (Å²) >= 11 is 1.10. The van der Waals surface area contributed by atoms with Crippen molar-refractivity contribution in [2.24, 2.45) is 0 Å². The average molecular weight is 521 g/mol. The Bertz CT molecular complexity index is 1540. The van der Waals surface area contributed by atoms with Gasteiger partial charge in [0.1, 0.15) is 5.82 Å². The van der Waals surface area contributed by atoms with Crippen molar-refractivity contribution >= 4 is 22.7 Å². The van der Waals surface area contributed by atoms with Gasteiger partial charge in [-0.2, -0.15) is 0 Å². The standard InChI is InChI=1S/C28H23F3N4OS/c1-36-15-7-14-35-27(33-34-28(35)37-17-21-22(29)12-13-23(30)26(21)31)20-16-25(18-8-3-2-4-9-18)32-24-11-6-5-10-19(20)24/h2-6,8-13,16H,7,14-15,17H2,1H3. The third-order valence-electron chi connectivity index (χ3n) is 5.96. The van der Waals surface area contributed by atoms with Crippen LogP contribution in [0.2, 0.25) is 0 Å². The van der Waals surface area contributed by atoms with Crippen LogP contribution in [0.1, 0.15) is 12.0 Å². The second-order valence-corrected chi connectivity index (χ2v) is 9.30. The van der Waals surface area contributed by atoms with Crippen molar-refractivity contribution in [1.29, 1.82) is 0 Å². The maximum Gasteiger partial charge on any atom is 0.191 e. The summed E-state index contributed by atoms with van der Waals surface area (Å²) < 4.78 is 49.4. The zero-order valence-electron chi connectivity index (χ0n) is 20.0. The summed E-state index contributed by atoms with van der Waals surface area (Å²) in [5.41, 5.74) is 3.07. The normalized spacial score (nSPS) is 11.4. The molecule has 0 aliphatic rings. The number of ether oxygens (including phenoxy) is 1. The van der Waals surface area contributed by atoms with Crippen LogP contribution in [0, 0.1) is 17.5 Å². The van der Waals surface area contributed by atoms with E-state index in [2.05, 4.69) is 10.2 Å². The summed E-state index contributed by atoms with van der Waals surface area (Å²) in [4.78, 5) is 4.85. The minimum absolute atomic E-state index is 0.135. The number of thioether (sulfide) groups is 1. The smallest absolute Gasteiger partial charge is 0.191 e. The molecule has 2 heterocycles. The van der Waals surface area contributed by atoms with E-state index >= 15 is 0 Å². The molecule has 2 aromatic heterocycles. The first kappa shape index (κ1) is 25.0. The number of halogens is 3. The first-order valence-corrected chi connectivity index (χ1v) is 12.7. The highest BCUT2D eigenvalue weighted by Crippen LogP contribution is 2.34. The molecule has 0 spiro atoms. The molecule has 9 heteroatoms. The minimum Gasteiger partial charge on any atom is -0.385 e. The Labute approximate surface area is 216 Å². The summed E-state index contributed by atoms with van der Waals surface area (Å²) in [5, 5.41) is 10.2. The molecule has 0 aliphatic heterocycles. The van der Waals surface area contributed by atoms with Crippen molar-refractivity contribution in [3.05, 3.63) is 95.8 Å². The maximum absolute atomic E-state index is 14.3. The van der Waals surface area contributed by atoms with Crippen LogP contribution in [0.5, 0.6) is 0 Å². The molecule has 0 atom stereocenters. The van der Waals surface area contributed by atoms with Gasteiger partial charge in [0.05, 0.1) is 11.2 Å². The van der Waals surface area contributed by atoms with Crippen molar-refractivity contribution in [3.63, 3.8) is 0 Å². The van der Waals surface area contributed by atoms with Crippen LogP contribution in [-0.4, -0.2) is 33.5 Å². The molecular weight excluding hydrogens is 497 g/mol. The largest absolute Gasteiger partial charge is 0.385 e. The molecule has 0 saturated carbocycles. The molecule has 5 nitrogen and oxygen atoms in total. The van der Waals surface area contributed by atoms with E-state index in [-0.39, 0.29) is 11.3 Å². The van der Waals surface area contributed by atoms with E-state index < -0.39 is 17.5 Å². The number of fused-ring (bicyclic) bond motifs is 1. The highest BCUT2D eigenvalue weighted by atomic mass is 32.2. The van der Waals surface area contributed by atoms with Crippen LogP contribution in [-0.2, 0) is 17.0 Å². The number of pyridine rings is 1. The molecule has 3 aromatic carbocycles. The molecular formula is C28H23F3N4OS. The lowest BCUT2D eigenvalue weighted by Gasteiger charge is -2.13. The number of methoxy groups -OCH3 is 1. The number of hydrogen-bond donors (Lipinski definition) is 0. The van der Waals surface area contributed by atoms with Gasteiger partial charge in [0, 0.05) is 48.1 Å². The average Bonchev–Trinajstić information content (AvgIpc) is 3.33. The lowest BCUT2D eigenvalue weighted by atomic mass is 10.0. The summed E-state index contributed by atoms with van der Waals surface area (Å²) in [6.07, 6.45) is 0.673. The Morgan fingerprint density at radius 2 is 1.65 bits per heavy atom. The Kier molecular flexibility index (Phi) is 7.52. The molecule has 188 valence electrons. The number of para-hydroxylation sites is 1. The van der Waals surface area contributed by atoms with E-state index in [0.717, 1.165) is 51.6 Å². The Balaban J connectivity index is 1.59. The molecule has 0 N–H and O–H groups in total. The van der Waals surface area contributed by atoms with Crippen molar-refractivity contribution in [3.8, 4) is 22.6 Å². The number of aromatic nitrogens is 4. The molecule has 0 radical (unpaired) electrons. The van der Waals surface area contributed by atoms with Gasteiger partial charge < -0.3 is 9.30 Å². The van der Waals surface area contributed by atoms with E-state index in [1.54, 1.807) is 7.11 Å². The van der Waals surface area contributed by atoms with Gasteiger partial charge in [-0.1, -0.05) is 60.3 Å². The quantitative estimate of drug-likeness (QED) is 0.120. The fourth-order valence-corrected chi connectivity index (χ4v) is 5.09. The molecule has 5 rings (SSSR count). The molecule has 0 fully saturated rings. The van der Waals surface area contributed by atoms with Gasteiger partial charge >= 0.3 is 0 Å². The Morgan fingerprint density at radius 3 is 2.46 bits per heavy atom. The van der Waals surface area contributed by atoms with Crippen LogP contribution in [0.15, 0.2) is 78.0 Å².